The Morgan fingerprint density at radius 1 is 1.26 bits per heavy atom. The van der Waals surface area contributed by atoms with Crippen LogP contribution in [0.25, 0.3) is 5.57 Å². The number of rotatable bonds is 3. The molecule has 1 aliphatic rings. The summed E-state index contributed by atoms with van der Waals surface area (Å²) in [6, 6.07) is 5.41. The Morgan fingerprint density at radius 3 is 2.47 bits per heavy atom. The van der Waals surface area contributed by atoms with Crippen molar-refractivity contribution in [2.24, 2.45) is 5.92 Å². The first-order valence-electron chi connectivity index (χ1n) is 5.95. The predicted molar refractivity (Wildman–Crippen MR) is 75.0 cm³/mol. The van der Waals surface area contributed by atoms with Gasteiger partial charge in [-0.25, -0.2) is 8.78 Å². The van der Waals surface area contributed by atoms with E-state index in [-0.39, 0.29) is 16.2 Å². The fourth-order valence-electron chi connectivity index (χ4n) is 1.99. The number of ketones is 1. The van der Waals surface area contributed by atoms with Crippen LogP contribution in [0.1, 0.15) is 18.9 Å². The molecule has 19 heavy (non-hydrogen) atoms. The van der Waals surface area contributed by atoms with E-state index in [1.54, 1.807) is 6.92 Å². The van der Waals surface area contributed by atoms with Gasteiger partial charge in [-0.05, 0) is 23.8 Å². The highest BCUT2D eigenvalue weighted by molar-refractivity contribution is 7.81. The number of carbonyl (C=O) groups excluding carboxylic acids is 1. The third-order valence-corrected chi connectivity index (χ3v) is 3.49. The van der Waals surface area contributed by atoms with Gasteiger partial charge in [0, 0.05) is 16.9 Å². The Kier molecular flexibility index (Phi) is 4.00. The van der Waals surface area contributed by atoms with E-state index in [2.05, 4.69) is 0 Å². The Hall–Kier alpha value is -1.68. The SMILES string of the molecule is CCC(=O)C1C=CC(F)=C(c2ccc(F)cc2)C1=S. The zero-order valence-electron chi connectivity index (χ0n) is 10.3. The van der Waals surface area contributed by atoms with Crippen LogP contribution in [0.15, 0.2) is 42.2 Å². The lowest BCUT2D eigenvalue weighted by Crippen LogP contribution is -2.23. The number of allylic oxidation sites excluding steroid dienone is 4. The molecule has 1 unspecified atom stereocenters. The van der Waals surface area contributed by atoms with E-state index >= 15 is 0 Å². The van der Waals surface area contributed by atoms with Crippen molar-refractivity contribution in [2.75, 3.05) is 0 Å². The molecular weight excluding hydrogens is 266 g/mol. The van der Waals surface area contributed by atoms with Crippen molar-refractivity contribution in [1.29, 1.82) is 0 Å². The second kappa shape index (κ2) is 5.53. The van der Waals surface area contributed by atoms with Crippen LogP contribution in [-0.4, -0.2) is 10.6 Å². The van der Waals surface area contributed by atoms with Gasteiger partial charge >= 0.3 is 0 Å². The molecule has 0 aliphatic heterocycles. The van der Waals surface area contributed by atoms with Gasteiger partial charge in [-0.3, -0.25) is 4.79 Å². The highest BCUT2D eigenvalue weighted by Gasteiger charge is 2.27. The quantitative estimate of drug-likeness (QED) is 0.776. The third kappa shape index (κ3) is 2.68. The molecule has 1 nitrogen and oxygen atoms in total. The summed E-state index contributed by atoms with van der Waals surface area (Å²) in [6.07, 6.45) is 3.08. The summed E-state index contributed by atoms with van der Waals surface area (Å²) in [4.78, 5) is 12.0. The first-order chi connectivity index (χ1) is 9.04. The van der Waals surface area contributed by atoms with E-state index in [9.17, 15) is 13.6 Å². The largest absolute Gasteiger partial charge is 0.299 e. The molecule has 1 aromatic rings. The zero-order chi connectivity index (χ0) is 14.0. The molecule has 4 heteroatoms. The summed E-state index contributed by atoms with van der Waals surface area (Å²) < 4.78 is 26.8. The van der Waals surface area contributed by atoms with E-state index in [0.717, 1.165) is 0 Å². The lowest BCUT2D eigenvalue weighted by atomic mass is 9.86. The highest BCUT2D eigenvalue weighted by Crippen LogP contribution is 2.31. The highest BCUT2D eigenvalue weighted by atomic mass is 32.1. The van der Waals surface area contributed by atoms with Gasteiger partial charge in [-0.15, -0.1) is 0 Å². The van der Waals surface area contributed by atoms with Gasteiger partial charge in [0.05, 0.1) is 5.92 Å². The van der Waals surface area contributed by atoms with Crippen LogP contribution in [0.4, 0.5) is 8.78 Å². The van der Waals surface area contributed by atoms with Crippen molar-refractivity contribution in [3.63, 3.8) is 0 Å². The van der Waals surface area contributed by atoms with Crippen molar-refractivity contribution in [3.8, 4) is 0 Å². The van der Waals surface area contributed by atoms with Crippen LogP contribution >= 0.6 is 12.2 Å². The molecule has 0 amide bonds. The first-order valence-corrected chi connectivity index (χ1v) is 6.36. The van der Waals surface area contributed by atoms with E-state index in [1.807, 2.05) is 0 Å². The Labute approximate surface area is 115 Å². The number of benzene rings is 1. The summed E-state index contributed by atoms with van der Waals surface area (Å²) in [5, 5.41) is 0. The zero-order valence-corrected chi connectivity index (χ0v) is 11.1. The van der Waals surface area contributed by atoms with Gasteiger partial charge in [0.2, 0.25) is 0 Å². The van der Waals surface area contributed by atoms with Gasteiger partial charge in [-0.2, -0.15) is 0 Å². The number of hydrogen-bond donors (Lipinski definition) is 0. The molecule has 0 radical (unpaired) electrons. The predicted octanol–water partition coefficient (Wildman–Crippen LogP) is 4.04. The lowest BCUT2D eigenvalue weighted by Gasteiger charge is -2.20. The minimum absolute atomic E-state index is 0.0478. The molecule has 0 N–H and O–H groups in total. The molecule has 98 valence electrons. The van der Waals surface area contributed by atoms with E-state index < -0.39 is 17.6 Å². The number of Topliss-reactive ketones (excluding diaryl/α,β-unsaturated/α-hetero) is 1. The van der Waals surface area contributed by atoms with Crippen molar-refractivity contribution in [3.05, 3.63) is 53.6 Å². The maximum Gasteiger partial charge on any atom is 0.144 e. The topological polar surface area (TPSA) is 17.1 Å². The Bertz CT molecular complexity index is 585. The molecule has 0 saturated carbocycles. The minimum atomic E-state index is -0.570. The first kappa shape index (κ1) is 13.7. The molecule has 0 spiro atoms. The fourth-order valence-corrected chi connectivity index (χ4v) is 2.42. The average Bonchev–Trinajstić information content (AvgIpc) is 2.40. The van der Waals surface area contributed by atoms with Gasteiger partial charge in [-0.1, -0.05) is 37.4 Å². The van der Waals surface area contributed by atoms with Gasteiger partial charge in [0.25, 0.3) is 0 Å². The molecule has 1 atom stereocenters. The molecule has 0 fully saturated rings. The minimum Gasteiger partial charge on any atom is -0.299 e. The number of thiocarbonyl (C=S) groups is 1. The summed E-state index contributed by atoms with van der Waals surface area (Å²) in [6.45, 7) is 1.74. The van der Waals surface area contributed by atoms with Crippen molar-refractivity contribution < 1.29 is 13.6 Å². The number of carbonyl (C=O) groups is 1. The van der Waals surface area contributed by atoms with Crippen LogP contribution in [0.3, 0.4) is 0 Å². The van der Waals surface area contributed by atoms with Crippen molar-refractivity contribution >= 4 is 28.4 Å². The number of halogens is 2. The van der Waals surface area contributed by atoms with Gasteiger partial charge in [0.15, 0.2) is 0 Å². The van der Waals surface area contributed by atoms with Crippen LogP contribution < -0.4 is 0 Å². The van der Waals surface area contributed by atoms with Gasteiger partial charge in [0.1, 0.15) is 17.4 Å². The van der Waals surface area contributed by atoms with Gasteiger partial charge < -0.3 is 0 Å². The molecule has 2 rings (SSSR count). The monoisotopic (exact) mass is 278 g/mol. The maximum absolute atomic E-state index is 13.9. The summed E-state index contributed by atoms with van der Waals surface area (Å²) in [7, 11) is 0. The maximum atomic E-state index is 13.9. The molecule has 0 bridgehead atoms. The average molecular weight is 278 g/mol. The number of hydrogen-bond acceptors (Lipinski definition) is 2. The van der Waals surface area contributed by atoms with E-state index in [4.69, 9.17) is 12.2 Å². The smallest absolute Gasteiger partial charge is 0.144 e. The fraction of sp³-hybridized carbons (Fsp3) is 0.200. The molecule has 1 aliphatic carbocycles. The van der Waals surface area contributed by atoms with Crippen LogP contribution in [0.5, 0.6) is 0 Å². The third-order valence-electron chi connectivity index (χ3n) is 3.03. The lowest BCUT2D eigenvalue weighted by molar-refractivity contribution is -0.119. The summed E-state index contributed by atoms with van der Waals surface area (Å²) in [5.74, 6) is -1.51. The van der Waals surface area contributed by atoms with Crippen LogP contribution in [-0.2, 0) is 4.79 Å². The summed E-state index contributed by atoms with van der Waals surface area (Å²) >= 11 is 5.22. The summed E-state index contributed by atoms with van der Waals surface area (Å²) in [5.41, 5.74) is 0.700. The molecule has 1 aromatic carbocycles. The van der Waals surface area contributed by atoms with Crippen molar-refractivity contribution in [1.82, 2.24) is 0 Å². The standard InChI is InChI=1S/C15H12F2OS/c1-2-13(18)11-7-8-12(17)14(15(11)19)9-3-5-10(16)6-4-9/h3-8,11H,2H2,1H3. The van der Waals surface area contributed by atoms with E-state index in [0.29, 0.717) is 12.0 Å². The Balaban J connectivity index is 2.43. The normalized spacial score (nSPS) is 18.9. The second-order valence-electron chi connectivity index (χ2n) is 4.25. The molecule has 0 saturated heterocycles. The van der Waals surface area contributed by atoms with Crippen molar-refractivity contribution in [2.45, 2.75) is 13.3 Å². The molecular formula is C15H12F2OS. The van der Waals surface area contributed by atoms with E-state index in [1.165, 1.54) is 36.4 Å². The Morgan fingerprint density at radius 2 is 1.89 bits per heavy atom. The molecule has 0 heterocycles. The second-order valence-corrected chi connectivity index (χ2v) is 4.69. The van der Waals surface area contributed by atoms with Crippen LogP contribution in [0.2, 0.25) is 0 Å². The molecule has 0 aromatic heterocycles. The van der Waals surface area contributed by atoms with Crippen LogP contribution in [0, 0.1) is 11.7 Å².